The number of hydrogen-bond acceptors (Lipinski definition) is 3. The van der Waals surface area contributed by atoms with Crippen LogP contribution in [-0.4, -0.2) is 33.3 Å². The molecule has 0 bridgehead atoms. The molecule has 0 saturated heterocycles. The standard InChI is InChI=1S/C10H10N2O3/c1-10(9(14)15)6-8(13)11-7-4-2-3-5-12(7)10/h2-5H,6H2,1H3,(H,14,15)/t10-/m1/s1. The summed E-state index contributed by atoms with van der Waals surface area (Å²) in [5, 5.41) is 9.15. The van der Waals surface area contributed by atoms with Crippen molar-refractivity contribution in [3.63, 3.8) is 0 Å². The van der Waals surface area contributed by atoms with Gasteiger partial charge in [-0.15, -0.1) is 0 Å². The highest BCUT2D eigenvalue weighted by Gasteiger charge is 2.45. The molecule has 0 spiro atoms. The Morgan fingerprint density at radius 3 is 3.00 bits per heavy atom. The van der Waals surface area contributed by atoms with Gasteiger partial charge in [0.15, 0.2) is 0 Å². The number of carboxylic acid groups (broad SMARTS) is 1. The average molecular weight is 206 g/mol. The van der Waals surface area contributed by atoms with Crippen LogP contribution in [0.15, 0.2) is 29.4 Å². The fourth-order valence-electron chi connectivity index (χ4n) is 1.67. The zero-order valence-electron chi connectivity index (χ0n) is 8.17. The van der Waals surface area contributed by atoms with Crippen LogP contribution in [0.1, 0.15) is 13.3 Å². The molecular formula is C10H10N2O3. The van der Waals surface area contributed by atoms with Crippen LogP contribution in [0.3, 0.4) is 0 Å². The predicted molar refractivity (Wildman–Crippen MR) is 53.2 cm³/mol. The molecule has 78 valence electrons. The van der Waals surface area contributed by atoms with Gasteiger partial charge in [-0.05, 0) is 19.1 Å². The first-order valence-electron chi connectivity index (χ1n) is 4.53. The Morgan fingerprint density at radius 1 is 1.60 bits per heavy atom. The molecule has 0 aromatic rings. The van der Waals surface area contributed by atoms with Crippen molar-refractivity contribution in [3.05, 3.63) is 24.4 Å². The van der Waals surface area contributed by atoms with Gasteiger partial charge in [0.25, 0.3) is 5.91 Å². The largest absolute Gasteiger partial charge is 0.479 e. The maximum absolute atomic E-state index is 11.3. The summed E-state index contributed by atoms with van der Waals surface area (Å²) in [4.78, 5) is 27.8. The fourth-order valence-corrected chi connectivity index (χ4v) is 1.67. The van der Waals surface area contributed by atoms with E-state index in [0.717, 1.165) is 0 Å². The zero-order valence-corrected chi connectivity index (χ0v) is 8.17. The maximum Gasteiger partial charge on any atom is 0.330 e. The molecule has 0 saturated carbocycles. The molecule has 15 heavy (non-hydrogen) atoms. The molecule has 0 unspecified atom stereocenters. The van der Waals surface area contributed by atoms with Gasteiger partial charge < -0.3 is 10.0 Å². The van der Waals surface area contributed by atoms with Crippen LogP contribution in [0.4, 0.5) is 0 Å². The third-order valence-corrected chi connectivity index (χ3v) is 2.57. The lowest BCUT2D eigenvalue weighted by molar-refractivity contribution is -0.149. The van der Waals surface area contributed by atoms with Gasteiger partial charge in [0.2, 0.25) is 0 Å². The second-order valence-corrected chi connectivity index (χ2v) is 3.69. The summed E-state index contributed by atoms with van der Waals surface area (Å²) in [5.41, 5.74) is -1.23. The van der Waals surface area contributed by atoms with Crippen molar-refractivity contribution >= 4 is 17.7 Å². The Morgan fingerprint density at radius 2 is 2.33 bits per heavy atom. The number of fused-ring (bicyclic) bond motifs is 1. The fraction of sp³-hybridized carbons (Fsp3) is 0.300. The third kappa shape index (κ3) is 1.36. The second-order valence-electron chi connectivity index (χ2n) is 3.69. The van der Waals surface area contributed by atoms with E-state index in [9.17, 15) is 9.59 Å². The molecule has 0 aromatic heterocycles. The highest BCUT2D eigenvalue weighted by molar-refractivity contribution is 6.08. The molecule has 5 heteroatoms. The van der Waals surface area contributed by atoms with E-state index in [4.69, 9.17) is 5.11 Å². The molecule has 1 atom stereocenters. The minimum atomic E-state index is -1.23. The van der Waals surface area contributed by atoms with Crippen molar-refractivity contribution in [3.8, 4) is 0 Å². The van der Waals surface area contributed by atoms with Crippen LogP contribution >= 0.6 is 0 Å². The monoisotopic (exact) mass is 206 g/mol. The van der Waals surface area contributed by atoms with Gasteiger partial charge >= 0.3 is 5.97 Å². The number of nitrogens with zero attached hydrogens (tertiary/aromatic N) is 2. The summed E-state index contributed by atoms with van der Waals surface area (Å²) >= 11 is 0. The number of amides is 1. The number of carbonyl (C=O) groups excluding carboxylic acids is 1. The van der Waals surface area contributed by atoms with E-state index < -0.39 is 17.4 Å². The second kappa shape index (κ2) is 3.05. The summed E-state index contributed by atoms with van der Waals surface area (Å²) < 4.78 is 0. The van der Waals surface area contributed by atoms with Gasteiger partial charge in [-0.3, -0.25) is 4.79 Å². The first kappa shape index (κ1) is 9.64. The topological polar surface area (TPSA) is 70.0 Å². The maximum atomic E-state index is 11.3. The number of aliphatic imine (C=N–C) groups is 1. The van der Waals surface area contributed by atoms with Crippen molar-refractivity contribution < 1.29 is 14.7 Å². The molecule has 2 rings (SSSR count). The number of allylic oxidation sites excluding steroid dienone is 2. The summed E-state index contributed by atoms with van der Waals surface area (Å²) in [6.45, 7) is 1.52. The van der Waals surface area contributed by atoms with Crippen molar-refractivity contribution in [2.24, 2.45) is 4.99 Å². The zero-order chi connectivity index (χ0) is 11.1. The van der Waals surface area contributed by atoms with Crippen LogP contribution in [0.25, 0.3) is 0 Å². The molecule has 5 nitrogen and oxygen atoms in total. The van der Waals surface area contributed by atoms with Crippen LogP contribution < -0.4 is 0 Å². The third-order valence-electron chi connectivity index (χ3n) is 2.57. The molecule has 0 radical (unpaired) electrons. The first-order chi connectivity index (χ1) is 7.04. The van der Waals surface area contributed by atoms with E-state index in [1.807, 2.05) is 0 Å². The van der Waals surface area contributed by atoms with Gasteiger partial charge in [0, 0.05) is 6.20 Å². The number of amidine groups is 1. The van der Waals surface area contributed by atoms with Crippen LogP contribution in [-0.2, 0) is 9.59 Å². The highest BCUT2D eigenvalue weighted by Crippen LogP contribution is 2.27. The van der Waals surface area contributed by atoms with Gasteiger partial charge in [-0.2, -0.15) is 4.99 Å². The van der Waals surface area contributed by atoms with Gasteiger partial charge in [-0.25, -0.2) is 4.79 Å². The van der Waals surface area contributed by atoms with E-state index in [0.29, 0.717) is 5.84 Å². The Balaban J connectivity index is 2.50. The predicted octanol–water partition coefficient (Wildman–Crippen LogP) is 0.544. The van der Waals surface area contributed by atoms with E-state index in [1.54, 1.807) is 24.4 Å². The van der Waals surface area contributed by atoms with E-state index in [2.05, 4.69) is 4.99 Å². The summed E-state index contributed by atoms with van der Waals surface area (Å²) in [5.74, 6) is -1.03. The van der Waals surface area contributed by atoms with Crippen LogP contribution in [0, 0.1) is 0 Å². The van der Waals surface area contributed by atoms with Gasteiger partial charge in [0.1, 0.15) is 11.4 Å². The summed E-state index contributed by atoms with van der Waals surface area (Å²) in [6, 6.07) is 0. The number of rotatable bonds is 1. The molecule has 2 heterocycles. The van der Waals surface area contributed by atoms with Gasteiger partial charge in [-0.1, -0.05) is 6.08 Å². The molecule has 0 aliphatic carbocycles. The van der Waals surface area contributed by atoms with Crippen molar-refractivity contribution in [1.29, 1.82) is 0 Å². The number of hydrogen-bond donors (Lipinski definition) is 1. The number of carboxylic acids is 1. The highest BCUT2D eigenvalue weighted by atomic mass is 16.4. The average Bonchev–Trinajstić information content (AvgIpc) is 2.17. The lowest BCUT2D eigenvalue weighted by Crippen LogP contribution is -2.56. The molecule has 2 aliphatic heterocycles. The quantitative estimate of drug-likeness (QED) is 0.680. The van der Waals surface area contributed by atoms with Crippen molar-refractivity contribution in [2.75, 3.05) is 0 Å². The number of carbonyl (C=O) groups is 2. The smallest absolute Gasteiger partial charge is 0.330 e. The lowest BCUT2D eigenvalue weighted by atomic mass is 9.92. The minimum Gasteiger partial charge on any atom is -0.479 e. The van der Waals surface area contributed by atoms with Gasteiger partial charge in [0.05, 0.1) is 6.42 Å². The van der Waals surface area contributed by atoms with E-state index in [1.165, 1.54) is 11.8 Å². The SMILES string of the molecule is C[C@]1(C(=O)O)CC(=O)N=C2C=CC=CN21. The van der Waals surface area contributed by atoms with Crippen LogP contribution in [0.2, 0.25) is 0 Å². The molecular weight excluding hydrogens is 196 g/mol. The Bertz CT molecular complexity index is 422. The van der Waals surface area contributed by atoms with Crippen molar-refractivity contribution in [2.45, 2.75) is 18.9 Å². The minimum absolute atomic E-state index is 0.107. The molecule has 1 N–H and O–H groups in total. The van der Waals surface area contributed by atoms with E-state index in [-0.39, 0.29) is 6.42 Å². The van der Waals surface area contributed by atoms with E-state index >= 15 is 0 Å². The first-order valence-corrected chi connectivity index (χ1v) is 4.53. The Hall–Kier alpha value is -1.91. The lowest BCUT2D eigenvalue weighted by Gasteiger charge is -2.39. The Labute approximate surface area is 86.4 Å². The van der Waals surface area contributed by atoms with Crippen LogP contribution in [0.5, 0.6) is 0 Å². The summed E-state index contributed by atoms with van der Waals surface area (Å²) in [6.07, 6.45) is 6.58. The molecule has 1 amide bonds. The molecule has 0 aromatic carbocycles. The number of aliphatic carboxylic acids is 1. The molecule has 2 aliphatic rings. The summed E-state index contributed by atoms with van der Waals surface area (Å²) in [7, 11) is 0. The normalized spacial score (nSPS) is 28.7. The molecule has 0 fully saturated rings. The Kier molecular flexibility index (Phi) is 1.96. The van der Waals surface area contributed by atoms with Crippen molar-refractivity contribution in [1.82, 2.24) is 4.90 Å².